The maximum absolute atomic E-state index is 12.6. The third-order valence-electron chi connectivity index (χ3n) is 8.52. The van der Waals surface area contributed by atoms with E-state index in [0.717, 1.165) is 5.56 Å². The predicted molar refractivity (Wildman–Crippen MR) is 196 cm³/mol. The van der Waals surface area contributed by atoms with E-state index >= 15 is 0 Å². The summed E-state index contributed by atoms with van der Waals surface area (Å²) >= 11 is 0. The Bertz CT molecular complexity index is 1560. The third kappa shape index (κ3) is 8.12. The van der Waals surface area contributed by atoms with Crippen molar-refractivity contribution in [3.63, 3.8) is 0 Å². The molecule has 0 spiro atoms. The van der Waals surface area contributed by atoms with Crippen LogP contribution in [0.4, 0.5) is 0 Å². The molecule has 6 aromatic rings. The molecule has 0 N–H and O–H groups in total. The van der Waals surface area contributed by atoms with Gasteiger partial charge in [-0.1, -0.05) is 177 Å². The summed E-state index contributed by atoms with van der Waals surface area (Å²) in [5, 5.41) is 0. The van der Waals surface area contributed by atoms with Crippen LogP contribution in [0.5, 0.6) is 0 Å². The number of carbonyl (C=O) groups is 1. The van der Waals surface area contributed by atoms with Crippen molar-refractivity contribution in [3.8, 4) is 0 Å². The quantitative estimate of drug-likeness (QED) is 0.0823. The molecule has 0 amide bonds. The molecule has 0 bridgehead atoms. The highest BCUT2D eigenvalue weighted by Gasteiger charge is 2.30. The minimum absolute atomic E-state index is 0.191. The number of unbranched alkanes of at least 4 members (excludes halogenated alkanes) is 1. The smallest absolute Gasteiger partial charge is 0.212 e. The van der Waals surface area contributed by atoms with Gasteiger partial charge in [0, 0.05) is 5.56 Å². The van der Waals surface area contributed by atoms with Crippen molar-refractivity contribution in [1.29, 1.82) is 0 Å². The van der Waals surface area contributed by atoms with Gasteiger partial charge in [-0.2, -0.15) is 22.7 Å². The number of hydrogen-bond donors (Lipinski definition) is 0. The Balaban J connectivity index is 0.000000178. The van der Waals surface area contributed by atoms with Gasteiger partial charge in [-0.15, -0.1) is 0 Å². The zero-order chi connectivity index (χ0) is 31.2. The lowest BCUT2D eigenvalue weighted by atomic mass is 9.14. The van der Waals surface area contributed by atoms with E-state index in [1.165, 1.54) is 45.3 Å². The molecule has 0 heterocycles. The van der Waals surface area contributed by atoms with E-state index < -0.39 is 6.15 Å². The maximum Gasteiger partial charge on any atom is 0.212 e. The van der Waals surface area contributed by atoms with Crippen LogP contribution in [0.15, 0.2) is 192 Å². The van der Waals surface area contributed by atoms with Gasteiger partial charge in [0.2, 0.25) is 5.78 Å². The summed E-state index contributed by atoms with van der Waals surface area (Å²) in [5.74, 6) is 0.703. The van der Waals surface area contributed by atoms with E-state index in [0.29, 0.717) is 5.75 Å². The second-order valence-corrected chi connectivity index (χ2v) is 13.4. The average molecular weight is 605 g/mol. The highest BCUT2D eigenvalue weighted by Crippen LogP contribution is 2.24. The number of Topliss-reactive ketones (excluding diaryl/α,β-unsaturated/α-hetero) is 1. The van der Waals surface area contributed by atoms with Crippen molar-refractivity contribution in [2.24, 2.45) is 0 Å². The molecule has 1 nitrogen and oxygen atoms in total. The molecule has 6 aromatic carbocycles. The molecule has 0 saturated carbocycles. The van der Waals surface area contributed by atoms with Crippen LogP contribution in [0.1, 0.15) is 30.1 Å². The van der Waals surface area contributed by atoms with Gasteiger partial charge in [-0.25, -0.2) is 0 Å². The number of benzene rings is 6. The van der Waals surface area contributed by atoms with Crippen molar-refractivity contribution in [2.75, 3.05) is 5.75 Å². The van der Waals surface area contributed by atoms with Crippen molar-refractivity contribution in [1.82, 2.24) is 0 Å². The van der Waals surface area contributed by atoms with Crippen molar-refractivity contribution < 1.29 is 4.79 Å². The first kappa shape index (κ1) is 31.8. The van der Waals surface area contributed by atoms with Crippen LogP contribution in [-0.4, -0.2) is 17.7 Å². The van der Waals surface area contributed by atoms with Gasteiger partial charge in [0.05, 0.1) is 17.0 Å². The van der Waals surface area contributed by atoms with Crippen LogP contribution in [0, 0.1) is 0 Å². The molecule has 0 unspecified atom stereocenters. The fourth-order valence-corrected chi connectivity index (χ4v) is 8.25. The first-order valence-electron chi connectivity index (χ1n) is 16.0. The highest BCUT2D eigenvalue weighted by molar-refractivity contribution is 7.97. The Morgan fingerprint density at radius 2 is 0.822 bits per heavy atom. The van der Waals surface area contributed by atoms with E-state index in [9.17, 15) is 4.79 Å². The van der Waals surface area contributed by atoms with Gasteiger partial charge in [-0.05, 0) is 24.3 Å². The summed E-state index contributed by atoms with van der Waals surface area (Å²) in [6, 6.07) is 63.3. The molecule has 0 radical (unpaired) electrons. The van der Waals surface area contributed by atoms with Gasteiger partial charge in [-0.3, -0.25) is 4.79 Å². The van der Waals surface area contributed by atoms with E-state index in [-0.39, 0.29) is 16.7 Å². The molecule has 0 aliphatic heterocycles. The molecule has 0 saturated heterocycles. The third-order valence-corrected chi connectivity index (χ3v) is 10.8. The standard InChI is InChI=1S/C22H24B.C20H17OS/c1-2-3-19-23(20-13-7-4-8-14-20,21-15-9-5-10-16-21)22-17-11-6-12-18-22;21-20(17-10-4-1-5-11-17)16-22(18-12-6-2-7-13-18)19-14-8-3-9-15-19/h4-18H,2-3,19H2,1H3;1-15H,16H2/q-1;+1. The maximum atomic E-state index is 12.6. The first-order chi connectivity index (χ1) is 22.2. The zero-order valence-corrected chi connectivity index (χ0v) is 26.9. The molecule has 3 heteroatoms. The monoisotopic (exact) mass is 604 g/mol. The molecule has 45 heavy (non-hydrogen) atoms. The van der Waals surface area contributed by atoms with E-state index in [1.54, 1.807) is 0 Å². The predicted octanol–water partition coefficient (Wildman–Crippen LogP) is 8.56. The lowest BCUT2D eigenvalue weighted by Crippen LogP contribution is -2.66. The molecule has 224 valence electrons. The first-order valence-corrected chi connectivity index (χ1v) is 17.3. The van der Waals surface area contributed by atoms with Crippen LogP contribution >= 0.6 is 0 Å². The fourth-order valence-electron chi connectivity index (χ4n) is 6.24. The van der Waals surface area contributed by atoms with Crippen molar-refractivity contribution in [3.05, 3.63) is 188 Å². The van der Waals surface area contributed by atoms with E-state index in [1.807, 2.05) is 66.7 Å². The number of hydrogen-bond acceptors (Lipinski definition) is 1. The molecule has 0 fully saturated rings. The lowest BCUT2D eigenvalue weighted by Gasteiger charge is -2.43. The van der Waals surface area contributed by atoms with Crippen LogP contribution in [0.3, 0.4) is 0 Å². The Labute approximate surface area is 272 Å². The van der Waals surface area contributed by atoms with Gasteiger partial charge >= 0.3 is 0 Å². The number of ketones is 1. The number of carbonyl (C=O) groups excluding carboxylic acids is 1. The van der Waals surface area contributed by atoms with E-state index in [2.05, 4.69) is 122 Å². The van der Waals surface area contributed by atoms with Crippen LogP contribution < -0.4 is 16.4 Å². The average Bonchev–Trinajstić information content (AvgIpc) is 3.13. The van der Waals surface area contributed by atoms with Crippen molar-refractivity contribution in [2.45, 2.75) is 35.9 Å². The van der Waals surface area contributed by atoms with Gasteiger partial charge < -0.3 is 0 Å². The normalized spacial score (nSPS) is 11.0. The van der Waals surface area contributed by atoms with Crippen LogP contribution in [-0.2, 0) is 10.9 Å². The Morgan fingerprint density at radius 1 is 0.489 bits per heavy atom. The second kappa shape index (κ2) is 16.5. The van der Waals surface area contributed by atoms with E-state index in [4.69, 9.17) is 0 Å². The van der Waals surface area contributed by atoms with Gasteiger partial charge in [0.1, 0.15) is 0 Å². The van der Waals surface area contributed by atoms with Crippen LogP contribution in [0.25, 0.3) is 0 Å². The Kier molecular flexibility index (Phi) is 11.6. The van der Waals surface area contributed by atoms with Gasteiger partial charge in [0.15, 0.2) is 15.5 Å². The zero-order valence-electron chi connectivity index (χ0n) is 26.0. The summed E-state index contributed by atoms with van der Waals surface area (Å²) in [4.78, 5) is 15.0. The summed E-state index contributed by atoms with van der Waals surface area (Å²) in [6.45, 7) is 2.28. The molecule has 0 aromatic heterocycles. The SMILES string of the molecule is CCCC[B-](c1ccccc1)(c1ccccc1)c1ccccc1.O=C(C[S+](c1ccccc1)c1ccccc1)c1ccccc1. The topological polar surface area (TPSA) is 17.1 Å². The lowest BCUT2D eigenvalue weighted by molar-refractivity contribution is 0.102. The largest absolute Gasteiger partial charge is 0.289 e. The summed E-state index contributed by atoms with van der Waals surface area (Å²) in [7, 11) is -0.231. The Hall–Kier alpha value is -4.60. The minimum Gasteiger partial charge on any atom is -0.289 e. The molecule has 0 aliphatic carbocycles. The molecular formula is C42H41BOS. The molecular weight excluding hydrogens is 563 g/mol. The molecule has 0 atom stereocenters. The highest BCUT2D eigenvalue weighted by atomic mass is 32.2. The number of rotatable bonds is 11. The summed E-state index contributed by atoms with van der Waals surface area (Å²) < 4.78 is 0. The summed E-state index contributed by atoms with van der Waals surface area (Å²) in [5.41, 5.74) is 5.11. The fraction of sp³-hybridized carbons (Fsp3) is 0.119. The minimum atomic E-state index is -0.913. The summed E-state index contributed by atoms with van der Waals surface area (Å²) in [6.07, 6.45) is 2.73. The Morgan fingerprint density at radius 3 is 1.18 bits per heavy atom. The second-order valence-electron chi connectivity index (χ2n) is 11.4. The molecule has 0 aliphatic rings. The van der Waals surface area contributed by atoms with Crippen molar-refractivity contribution >= 4 is 39.2 Å². The molecule has 6 rings (SSSR count). The van der Waals surface area contributed by atoms with Crippen LogP contribution in [0.2, 0.25) is 6.32 Å². The van der Waals surface area contributed by atoms with Gasteiger partial charge in [0.25, 0.3) is 0 Å².